The van der Waals surface area contributed by atoms with E-state index in [4.69, 9.17) is 17.3 Å². The maximum Gasteiger partial charge on any atom is 0.270 e. The van der Waals surface area contributed by atoms with Crippen molar-refractivity contribution < 1.29 is 4.79 Å². The van der Waals surface area contributed by atoms with E-state index in [1.54, 1.807) is 11.0 Å². The zero-order valence-corrected chi connectivity index (χ0v) is 12.5. The summed E-state index contributed by atoms with van der Waals surface area (Å²) in [6.07, 6.45) is 0. The Kier molecular flexibility index (Phi) is 2.87. The molecule has 0 fully saturated rings. The summed E-state index contributed by atoms with van der Waals surface area (Å²) < 4.78 is 1.85. The number of nitrogens with one attached hydrogen (secondary N) is 1. The maximum absolute atomic E-state index is 12.7. The van der Waals surface area contributed by atoms with Crippen molar-refractivity contribution >= 4 is 34.2 Å². The largest absolute Gasteiger partial charge is 0.382 e. The molecule has 7 heteroatoms. The van der Waals surface area contributed by atoms with E-state index >= 15 is 0 Å². The molecule has 1 amide bonds. The number of nitrogens with zero attached hydrogens (tertiary/aromatic N) is 3. The average molecular weight is 316 g/mol. The number of hydrogen-bond acceptors (Lipinski definition) is 3. The van der Waals surface area contributed by atoms with Crippen LogP contribution in [0.5, 0.6) is 0 Å². The van der Waals surface area contributed by atoms with Gasteiger partial charge in [-0.3, -0.25) is 9.48 Å². The zero-order chi connectivity index (χ0) is 15.3. The zero-order valence-electron chi connectivity index (χ0n) is 11.7. The Labute approximate surface area is 131 Å². The molecule has 0 saturated heterocycles. The summed E-state index contributed by atoms with van der Waals surface area (Å²) in [5.74, 6) is 0.444. The molecule has 1 aliphatic heterocycles. The monoisotopic (exact) mass is 315 g/mol. The van der Waals surface area contributed by atoms with E-state index in [9.17, 15) is 4.79 Å². The highest BCUT2D eigenvalue weighted by Gasteiger charge is 2.24. The van der Waals surface area contributed by atoms with Crippen molar-refractivity contribution in [2.75, 3.05) is 12.3 Å². The summed E-state index contributed by atoms with van der Waals surface area (Å²) in [6, 6.07) is 9.19. The molecule has 0 atom stereocenters. The molecule has 22 heavy (non-hydrogen) atoms. The van der Waals surface area contributed by atoms with E-state index in [1.807, 2.05) is 28.9 Å². The molecule has 1 aromatic carbocycles. The number of rotatable bonds is 1. The Balaban J connectivity index is 1.65. The third-order valence-corrected chi connectivity index (χ3v) is 4.27. The van der Waals surface area contributed by atoms with Crippen LogP contribution in [0.25, 0.3) is 10.9 Å². The second-order valence-corrected chi connectivity index (χ2v) is 5.80. The number of H-pyrrole nitrogens is 1. The topological polar surface area (TPSA) is 79.9 Å². The first-order chi connectivity index (χ1) is 10.6. The van der Waals surface area contributed by atoms with Gasteiger partial charge in [0.25, 0.3) is 5.91 Å². The van der Waals surface area contributed by atoms with Crippen LogP contribution >= 0.6 is 11.6 Å². The highest BCUT2D eigenvalue weighted by molar-refractivity contribution is 6.35. The van der Waals surface area contributed by atoms with Gasteiger partial charge in [0.05, 0.1) is 18.8 Å². The Morgan fingerprint density at radius 3 is 3.00 bits per heavy atom. The minimum Gasteiger partial charge on any atom is -0.382 e. The Morgan fingerprint density at radius 1 is 1.32 bits per heavy atom. The lowest BCUT2D eigenvalue weighted by Crippen LogP contribution is -2.38. The van der Waals surface area contributed by atoms with E-state index < -0.39 is 0 Å². The van der Waals surface area contributed by atoms with Gasteiger partial charge in [-0.25, -0.2) is 0 Å². The number of anilines is 1. The van der Waals surface area contributed by atoms with Crippen molar-refractivity contribution in [3.05, 3.63) is 46.7 Å². The number of nitrogen functional groups attached to an aromatic ring is 1. The maximum atomic E-state index is 12.7. The third-order valence-electron chi connectivity index (χ3n) is 3.95. The molecule has 0 aliphatic carbocycles. The van der Waals surface area contributed by atoms with Crippen molar-refractivity contribution in [2.24, 2.45) is 0 Å². The lowest BCUT2D eigenvalue weighted by Gasteiger charge is -2.27. The van der Waals surface area contributed by atoms with Crippen LogP contribution in [0.2, 0.25) is 5.02 Å². The fourth-order valence-electron chi connectivity index (χ4n) is 2.87. The van der Waals surface area contributed by atoms with Gasteiger partial charge >= 0.3 is 0 Å². The first-order valence-corrected chi connectivity index (χ1v) is 7.38. The van der Waals surface area contributed by atoms with Gasteiger partial charge in [-0.2, -0.15) is 5.10 Å². The van der Waals surface area contributed by atoms with Crippen molar-refractivity contribution in [3.63, 3.8) is 0 Å². The van der Waals surface area contributed by atoms with Crippen LogP contribution in [0.1, 0.15) is 16.2 Å². The van der Waals surface area contributed by atoms with Gasteiger partial charge in [-0.15, -0.1) is 0 Å². The van der Waals surface area contributed by atoms with Crippen LogP contribution in [0.3, 0.4) is 0 Å². The van der Waals surface area contributed by atoms with E-state index in [2.05, 4.69) is 10.1 Å². The lowest BCUT2D eigenvalue weighted by atomic mass is 10.2. The number of benzene rings is 1. The number of halogens is 1. The summed E-state index contributed by atoms with van der Waals surface area (Å²) >= 11 is 6.16. The molecule has 0 saturated carbocycles. The number of carbonyl (C=O) groups is 1. The second-order valence-electron chi connectivity index (χ2n) is 5.39. The van der Waals surface area contributed by atoms with Gasteiger partial charge in [0.1, 0.15) is 11.5 Å². The number of aromatic nitrogens is 3. The van der Waals surface area contributed by atoms with Crippen molar-refractivity contribution in [3.8, 4) is 0 Å². The molecular formula is C15H14ClN5O. The summed E-state index contributed by atoms with van der Waals surface area (Å²) in [5.41, 5.74) is 8.06. The third kappa shape index (κ3) is 2.03. The number of amides is 1. The minimum absolute atomic E-state index is 0.0433. The fraction of sp³-hybridized carbons (Fsp3) is 0.200. The number of fused-ring (bicyclic) bond motifs is 2. The van der Waals surface area contributed by atoms with Crippen molar-refractivity contribution in [2.45, 2.75) is 13.1 Å². The highest BCUT2D eigenvalue weighted by atomic mass is 35.5. The lowest BCUT2D eigenvalue weighted by molar-refractivity contribution is 0.0701. The van der Waals surface area contributed by atoms with Crippen molar-refractivity contribution in [1.82, 2.24) is 19.7 Å². The fourth-order valence-corrected chi connectivity index (χ4v) is 3.09. The van der Waals surface area contributed by atoms with Gasteiger partial charge < -0.3 is 15.6 Å². The second kappa shape index (κ2) is 4.78. The molecule has 2 aromatic heterocycles. The predicted molar refractivity (Wildman–Crippen MR) is 84.7 cm³/mol. The number of nitrogens with two attached hydrogens (primary N) is 1. The average Bonchev–Trinajstić information content (AvgIpc) is 3.08. The summed E-state index contributed by atoms with van der Waals surface area (Å²) in [7, 11) is 0. The molecule has 0 spiro atoms. The molecule has 0 bridgehead atoms. The molecular weight excluding hydrogens is 302 g/mol. The van der Waals surface area contributed by atoms with Gasteiger partial charge in [-0.1, -0.05) is 17.7 Å². The standard InChI is InChI=1S/C15H14ClN5O/c16-11-2-1-3-12-10(11)7-13(18-12)15(22)20-4-5-21-9(8-20)6-14(17)19-21/h1-3,6-7,18H,4-5,8H2,(H2,17,19). The normalized spacial score (nSPS) is 14.3. The Hall–Kier alpha value is -2.47. The molecule has 3 aromatic rings. The Morgan fingerprint density at radius 2 is 2.18 bits per heavy atom. The van der Waals surface area contributed by atoms with Crippen LogP contribution < -0.4 is 5.73 Å². The van der Waals surface area contributed by atoms with Crippen LogP contribution in [-0.4, -0.2) is 32.1 Å². The van der Waals surface area contributed by atoms with Gasteiger partial charge in [0.15, 0.2) is 0 Å². The summed E-state index contributed by atoms with van der Waals surface area (Å²) in [5, 5.41) is 5.69. The van der Waals surface area contributed by atoms with Crippen molar-refractivity contribution in [1.29, 1.82) is 0 Å². The Bertz CT molecular complexity index is 881. The summed E-state index contributed by atoms with van der Waals surface area (Å²) in [4.78, 5) is 17.6. The van der Waals surface area contributed by atoms with Crippen LogP contribution in [0.4, 0.5) is 5.82 Å². The van der Waals surface area contributed by atoms with Gasteiger partial charge in [0, 0.05) is 28.5 Å². The number of hydrogen-bond donors (Lipinski definition) is 2. The van der Waals surface area contributed by atoms with E-state index in [0.717, 1.165) is 16.6 Å². The van der Waals surface area contributed by atoms with Gasteiger partial charge in [0.2, 0.25) is 0 Å². The molecule has 0 unspecified atom stereocenters. The number of carbonyl (C=O) groups excluding carboxylic acids is 1. The first-order valence-electron chi connectivity index (χ1n) is 7.00. The molecule has 1 aliphatic rings. The highest BCUT2D eigenvalue weighted by Crippen LogP contribution is 2.25. The van der Waals surface area contributed by atoms with E-state index in [-0.39, 0.29) is 5.91 Å². The predicted octanol–water partition coefficient (Wildman–Crippen LogP) is 2.26. The molecule has 3 heterocycles. The van der Waals surface area contributed by atoms with Crippen LogP contribution in [0.15, 0.2) is 30.3 Å². The smallest absolute Gasteiger partial charge is 0.270 e. The quantitative estimate of drug-likeness (QED) is 0.723. The minimum atomic E-state index is -0.0433. The SMILES string of the molecule is Nc1cc2n(n1)CCN(C(=O)c1cc3c(Cl)cccc3[nH]1)C2. The van der Waals surface area contributed by atoms with E-state index in [0.29, 0.717) is 36.2 Å². The van der Waals surface area contributed by atoms with Crippen LogP contribution in [-0.2, 0) is 13.1 Å². The molecule has 6 nitrogen and oxygen atoms in total. The van der Waals surface area contributed by atoms with Crippen LogP contribution in [0, 0.1) is 0 Å². The first kappa shape index (κ1) is 13.2. The molecule has 4 rings (SSSR count). The van der Waals surface area contributed by atoms with E-state index in [1.165, 1.54) is 0 Å². The van der Waals surface area contributed by atoms with Gasteiger partial charge in [-0.05, 0) is 18.2 Å². The summed E-state index contributed by atoms with van der Waals surface area (Å²) in [6.45, 7) is 1.77. The molecule has 112 valence electrons. The molecule has 0 radical (unpaired) electrons. The number of aromatic amines is 1. The molecule has 3 N–H and O–H groups in total.